The van der Waals surface area contributed by atoms with E-state index in [9.17, 15) is 4.79 Å². The van der Waals surface area contributed by atoms with Crippen LogP contribution in [0.15, 0.2) is 29.5 Å². The van der Waals surface area contributed by atoms with E-state index in [2.05, 4.69) is 36.0 Å². The van der Waals surface area contributed by atoms with E-state index in [4.69, 9.17) is 21.6 Å². The molecule has 1 aliphatic rings. The van der Waals surface area contributed by atoms with Gasteiger partial charge in [0.05, 0.1) is 31.3 Å². The Labute approximate surface area is 205 Å². The molecule has 2 aromatic rings. The van der Waals surface area contributed by atoms with E-state index in [1.165, 1.54) is 12.4 Å². The van der Waals surface area contributed by atoms with E-state index in [1.54, 1.807) is 0 Å². The van der Waals surface area contributed by atoms with Crippen LogP contribution < -0.4 is 32.4 Å². The summed E-state index contributed by atoms with van der Waals surface area (Å²) in [5, 5.41) is 17.6. The maximum absolute atomic E-state index is 12.1. The first-order valence-electron chi connectivity index (χ1n) is 11.7. The average Bonchev–Trinajstić information content (AvgIpc) is 2.87. The minimum absolute atomic E-state index is 0.00808. The molecule has 0 radical (unpaired) electrons. The number of hydrazone groups is 1. The third kappa shape index (κ3) is 7.11. The molecule has 0 bridgehead atoms. The van der Waals surface area contributed by atoms with Gasteiger partial charge in [-0.25, -0.2) is 9.97 Å². The molecule has 0 saturated carbocycles. The van der Waals surface area contributed by atoms with E-state index in [1.807, 2.05) is 32.0 Å². The van der Waals surface area contributed by atoms with Crippen molar-refractivity contribution in [1.82, 2.24) is 9.97 Å². The summed E-state index contributed by atoms with van der Waals surface area (Å²) in [5.74, 6) is 0.0316. The summed E-state index contributed by atoms with van der Waals surface area (Å²) in [5.41, 5.74) is 17.0. The molecule has 1 aliphatic heterocycles. The highest BCUT2D eigenvalue weighted by Gasteiger charge is 2.19. The lowest BCUT2D eigenvalue weighted by Crippen LogP contribution is -2.39. The molecular weight excluding hydrogens is 448 g/mol. The first kappa shape index (κ1) is 25.8. The van der Waals surface area contributed by atoms with Gasteiger partial charge in [-0.3, -0.25) is 10.2 Å². The van der Waals surface area contributed by atoms with Crippen LogP contribution >= 0.6 is 0 Å². The number of carbonyl (C=O) groups excluding carboxylic acids is 1. The molecular formula is C23H34N10O2. The van der Waals surface area contributed by atoms with Crippen LogP contribution in [0.5, 0.6) is 0 Å². The second kappa shape index (κ2) is 12.6. The van der Waals surface area contributed by atoms with Gasteiger partial charge >= 0.3 is 0 Å². The van der Waals surface area contributed by atoms with Crippen LogP contribution in [0.1, 0.15) is 37.2 Å². The average molecular weight is 483 g/mol. The largest absolute Gasteiger partial charge is 0.378 e. The zero-order valence-electron chi connectivity index (χ0n) is 20.1. The molecule has 12 nitrogen and oxygen atoms in total. The number of ether oxygens (including phenoxy) is 1. The number of benzene rings is 1. The van der Waals surface area contributed by atoms with Gasteiger partial charge in [0.1, 0.15) is 5.82 Å². The molecule has 8 N–H and O–H groups in total. The number of primary amides is 1. The van der Waals surface area contributed by atoms with Gasteiger partial charge in [0.2, 0.25) is 0 Å². The molecule has 1 aromatic heterocycles. The summed E-state index contributed by atoms with van der Waals surface area (Å²) in [6.45, 7) is 6.84. The van der Waals surface area contributed by atoms with Gasteiger partial charge in [-0.15, -0.1) is 0 Å². The lowest BCUT2D eigenvalue weighted by Gasteiger charge is -2.29. The molecule has 0 spiro atoms. The van der Waals surface area contributed by atoms with Crippen LogP contribution in [0.4, 0.5) is 28.7 Å². The van der Waals surface area contributed by atoms with Gasteiger partial charge in [0.25, 0.3) is 5.91 Å². The fraction of sp³-hybridized carbons (Fsp3) is 0.435. The summed E-state index contributed by atoms with van der Waals surface area (Å²) in [4.78, 5) is 23.1. The van der Waals surface area contributed by atoms with Gasteiger partial charge in [0.15, 0.2) is 11.5 Å². The Hall–Kier alpha value is -3.77. The van der Waals surface area contributed by atoms with Gasteiger partial charge < -0.3 is 37.1 Å². The highest BCUT2D eigenvalue weighted by Crippen LogP contribution is 2.29. The van der Waals surface area contributed by atoms with Crippen molar-refractivity contribution in [2.45, 2.75) is 38.8 Å². The number of hydrogen-bond acceptors (Lipinski definition) is 11. The normalized spacial score (nSPS) is 15.5. The molecule has 1 amide bonds. The number of nitrogens with one attached hydrogen (secondary N) is 4. The monoisotopic (exact) mass is 482 g/mol. The Kier molecular flexibility index (Phi) is 9.32. The third-order valence-electron chi connectivity index (χ3n) is 5.67. The zero-order valence-corrected chi connectivity index (χ0v) is 20.1. The van der Waals surface area contributed by atoms with Crippen LogP contribution in [0.3, 0.4) is 0 Å². The Morgan fingerprint density at radius 1 is 1.26 bits per heavy atom. The lowest BCUT2D eigenvalue weighted by atomic mass is 10.0. The summed E-state index contributed by atoms with van der Waals surface area (Å²) in [6.07, 6.45) is 5.53. The Balaban J connectivity index is 1.95. The van der Waals surface area contributed by atoms with Crippen LogP contribution in [0.25, 0.3) is 0 Å². The summed E-state index contributed by atoms with van der Waals surface area (Å²) in [6, 6.07) is 5.68. The molecule has 0 aliphatic carbocycles. The molecule has 0 unspecified atom stereocenters. The highest BCUT2D eigenvalue weighted by atomic mass is 16.5. The smallest absolute Gasteiger partial charge is 0.271 e. The van der Waals surface area contributed by atoms with Crippen molar-refractivity contribution in [3.05, 3.63) is 30.1 Å². The number of amides is 1. The molecule has 1 aromatic carbocycles. The Morgan fingerprint density at radius 2 is 2.00 bits per heavy atom. The molecule has 35 heavy (non-hydrogen) atoms. The molecule has 2 heterocycles. The van der Waals surface area contributed by atoms with Gasteiger partial charge in [0, 0.05) is 42.8 Å². The van der Waals surface area contributed by atoms with Crippen molar-refractivity contribution in [2.24, 2.45) is 16.6 Å². The standard InChI is InChI=1S/C23H34N10O2/c1-3-18(25)19(4-2)30-20-14-27-21(22(26)34)23(31-20)29-15-11-16(32-28-6-5-24)13-17(12-15)33-7-9-35-10-8-33/h5-6,11-14,18-19,24,32H,3-4,7-10,25H2,1-2H3,(H2,26,34)(H2,29,30,31)/b24-5?,28-6-/t18-,19+/m0/s1. The maximum atomic E-state index is 12.1. The second-order valence-corrected chi connectivity index (χ2v) is 8.10. The number of anilines is 5. The van der Waals surface area contributed by atoms with Crippen LogP contribution in [0, 0.1) is 5.41 Å². The van der Waals surface area contributed by atoms with E-state index >= 15 is 0 Å². The number of hydrogen-bond donors (Lipinski definition) is 6. The van der Waals surface area contributed by atoms with Gasteiger partial charge in [-0.05, 0) is 31.0 Å². The van der Waals surface area contributed by atoms with E-state index in [0.717, 1.165) is 37.8 Å². The van der Waals surface area contributed by atoms with Gasteiger partial charge in [-0.1, -0.05) is 13.8 Å². The molecule has 1 saturated heterocycles. The first-order chi connectivity index (χ1) is 16.9. The first-order valence-corrected chi connectivity index (χ1v) is 11.7. The number of nitrogens with zero attached hydrogens (tertiary/aromatic N) is 4. The predicted molar refractivity (Wildman–Crippen MR) is 140 cm³/mol. The summed E-state index contributed by atoms with van der Waals surface area (Å²) < 4.78 is 5.47. The fourth-order valence-electron chi connectivity index (χ4n) is 3.75. The van der Waals surface area contributed by atoms with Crippen molar-refractivity contribution in [2.75, 3.05) is 47.3 Å². The maximum Gasteiger partial charge on any atom is 0.271 e. The van der Waals surface area contributed by atoms with Crippen molar-refractivity contribution < 1.29 is 9.53 Å². The highest BCUT2D eigenvalue weighted by molar-refractivity contribution is 6.14. The van der Waals surface area contributed by atoms with Crippen LogP contribution in [-0.4, -0.2) is 66.7 Å². The minimum Gasteiger partial charge on any atom is -0.378 e. The van der Waals surface area contributed by atoms with Gasteiger partial charge in [-0.2, -0.15) is 5.10 Å². The number of morpholine rings is 1. The SMILES string of the molecule is CC[C@H](N)[C@@H](CC)Nc1cnc(C(N)=O)c(Nc2cc(N/N=C\C=N)cc(N3CCOCC3)c2)n1. The van der Waals surface area contributed by atoms with E-state index in [0.29, 0.717) is 30.4 Å². The molecule has 2 atom stereocenters. The van der Waals surface area contributed by atoms with Crippen LogP contribution in [0.2, 0.25) is 0 Å². The quantitative estimate of drug-likeness (QED) is 0.195. The fourth-order valence-corrected chi connectivity index (χ4v) is 3.75. The van der Waals surface area contributed by atoms with Crippen molar-refractivity contribution in [3.8, 4) is 0 Å². The Morgan fingerprint density at radius 3 is 2.66 bits per heavy atom. The summed E-state index contributed by atoms with van der Waals surface area (Å²) in [7, 11) is 0. The molecule has 12 heteroatoms. The minimum atomic E-state index is -0.692. The van der Waals surface area contributed by atoms with Crippen molar-refractivity contribution in [1.29, 1.82) is 5.41 Å². The van der Waals surface area contributed by atoms with Crippen LogP contribution in [-0.2, 0) is 4.74 Å². The molecule has 188 valence electrons. The lowest BCUT2D eigenvalue weighted by molar-refractivity contribution is 0.0996. The van der Waals surface area contributed by atoms with Crippen molar-refractivity contribution >= 4 is 47.0 Å². The number of nitrogens with two attached hydrogens (primary N) is 2. The molecule has 1 fully saturated rings. The third-order valence-corrected chi connectivity index (χ3v) is 5.67. The topological polar surface area (TPSA) is 180 Å². The number of carbonyl (C=O) groups is 1. The number of aromatic nitrogens is 2. The number of rotatable bonds is 12. The summed E-state index contributed by atoms with van der Waals surface area (Å²) >= 11 is 0. The Bertz CT molecular complexity index is 1040. The van der Waals surface area contributed by atoms with E-state index in [-0.39, 0.29) is 23.6 Å². The van der Waals surface area contributed by atoms with Crippen molar-refractivity contribution in [3.63, 3.8) is 0 Å². The second-order valence-electron chi connectivity index (χ2n) is 8.10. The van der Waals surface area contributed by atoms with E-state index < -0.39 is 5.91 Å². The zero-order chi connectivity index (χ0) is 25.2. The predicted octanol–water partition coefficient (Wildman–Crippen LogP) is 2.13. The molecule has 3 rings (SSSR count).